The van der Waals surface area contributed by atoms with Gasteiger partial charge in [-0.25, -0.2) is 4.98 Å². The molecule has 5 nitrogen and oxygen atoms in total. The van der Waals surface area contributed by atoms with E-state index in [0.717, 1.165) is 61.1 Å². The predicted molar refractivity (Wildman–Crippen MR) is 151 cm³/mol. The maximum absolute atomic E-state index is 6.33. The van der Waals surface area contributed by atoms with Gasteiger partial charge in [-0.1, -0.05) is 41.3 Å². The van der Waals surface area contributed by atoms with E-state index in [2.05, 4.69) is 38.6 Å². The number of hydrogen-bond donors (Lipinski definition) is 0. The molecule has 3 aromatic carbocycles. The number of aromatic nitrogens is 4. The number of hydrogen-bond acceptors (Lipinski definition) is 4. The topological polar surface area (TPSA) is 56.2 Å². The first-order chi connectivity index (χ1) is 18.9. The van der Waals surface area contributed by atoms with E-state index in [4.69, 9.17) is 9.40 Å². The Kier molecular flexibility index (Phi) is 6.72. The molecule has 0 spiro atoms. The summed E-state index contributed by atoms with van der Waals surface area (Å²) < 4.78 is 8.41. The van der Waals surface area contributed by atoms with Gasteiger partial charge in [0.05, 0.1) is 11.1 Å². The molecule has 0 atom stereocenters. The normalized spacial score (nSPS) is 10.9. The molecule has 8 rings (SSSR count). The number of benzene rings is 3. The molecule has 5 heterocycles. The molecule has 0 amide bonds. The van der Waals surface area contributed by atoms with E-state index in [1.54, 1.807) is 12.4 Å². The van der Waals surface area contributed by atoms with Crippen molar-refractivity contribution >= 4 is 38.6 Å². The fourth-order valence-corrected chi connectivity index (χ4v) is 4.70. The Morgan fingerprint density at radius 2 is 1.41 bits per heavy atom. The molecular formula is C33H20IrN4O-2. The molecule has 0 bridgehead atoms. The summed E-state index contributed by atoms with van der Waals surface area (Å²) in [5, 5.41) is 2.11. The average Bonchev–Trinajstić information content (AvgIpc) is 3.58. The third-order valence-corrected chi connectivity index (χ3v) is 6.45. The maximum atomic E-state index is 6.33. The van der Waals surface area contributed by atoms with Crippen LogP contribution in [0.3, 0.4) is 0 Å². The first kappa shape index (κ1) is 24.7. The molecule has 5 aromatic heterocycles. The largest absolute Gasteiger partial charge is 0.498 e. The number of pyridine rings is 3. The van der Waals surface area contributed by atoms with Gasteiger partial charge in [-0.2, -0.15) is 0 Å². The molecule has 0 saturated carbocycles. The van der Waals surface area contributed by atoms with Crippen molar-refractivity contribution in [1.29, 1.82) is 0 Å². The van der Waals surface area contributed by atoms with Crippen molar-refractivity contribution in [2.24, 2.45) is 0 Å². The van der Waals surface area contributed by atoms with Crippen LogP contribution in [-0.4, -0.2) is 19.4 Å². The van der Waals surface area contributed by atoms with E-state index in [1.807, 2.05) is 97.2 Å². The van der Waals surface area contributed by atoms with Gasteiger partial charge in [0, 0.05) is 44.1 Å². The zero-order chi connectivity index (χ0) is 25.3. The van der Waals surface area contributed by atoms with Crippen molar-refractivity contribution in [2.75, 3.05) is 0 Å². The van der Waals surface area contributed by atoms with Crippen LogP contribution in [0, 0.1) is 12.1 Å². The summed E-state index contributed by atoms with van der Waals surface area (Å²) in [5.74, 6) is 0. The fourth-order valence-electron chi connectivity index (χ4n) is 4.70. The summed E-state index contributed by atoms with van der Waals surface area (Å²) in [6.45, 7) is 0. The Morgan fingerprint density at radius 3 is 2.18 bits per heavy atom. The molecule has 189 valence electrons. The Morgan fingerprint density at radius 1 is 0.641 bits per heavy atom. The van der Waals surface area contributed by atoms with E-state index in [9.17, 15) is 0 Å². The molecule has 0 unspecified atom stereocenters. The van der Waals surface area contributed by atoms with Crippen LogP contribution in [0.2, 0.25) is 0 Å². The van der Waals surface area contributed by atoms with E-state index in [0.29, 0.717) is 0 Å². The second-order valence-corrected chi connectivity index (χ2v) is 8.75. The summed E-state index contributed by atoms with van der Waals surface area (Å²) >= 11 is 0. The van der Waals surface area contributed by atoms with Gasteiger partial charge < -0.3 is 14.4 Å². The van der Waals surface area contributed by atoms with Gasteiger partial charge >= 0.3 is 0 Å². The van der Waals surface area contributed by atoms with Crippen LogP contribution in [0.15, 0.2) is 126 Å². The molecular weight excluding hydrogens is 661 g/mol. The first-order valence-electron chi connectivity index (χ1n) is 12.3. The molecule has 0 N–H and O–H groups in total. The van der Waals surface area contributed by atoms with E-state index in [1.165, 1.54) is 0 Å². The van der Waals surface area contributed by atoms with Crippen LogP contribution >= 0.6 is 0 Å². The maximum Gasteiger partial charge on any atom is 0.148 e. The summed E-state index contributed by atoms with van der Waals surface area (Å²) in [6.07, 6.45) is 5.59. The molecule has 6 heteroatoms. The minimum absolute atomic E-state index is 0. The molecule has 0 aliphatic carbocycles. The summed E-state index contributed by atoms with van der Waals surface area (Å²) in [7, 11) is 0. The van der Waals surface area contributed by atoms with Crippen molar-refractivity contribution in [1.82, 2.24) is 19.4 Å². The van der Waals surface area contributed by atoms with Crippen molar-refractivity contribution < 1.29 is 24.5 Å². The van der Waals surface area contributed by atoms with Crippen molar-refractivity contribution in [2.45, 2.75) is 0 Å². The van der Waals surface area contributed by atoms with Gasteiger partial charge in [-0.05, 0) is 47.8 Å². The molecule has 1 radical (unpaired) electrons. The van der Waals surface area contributed by atoms with Crippen molar-refractivity contribution in [3.05, 3.63) is 134 Å². The average molecular weight is 681 g/mol. The molecule has 8 aromatic rings. The number of furan rings is 1. The summed E-state index contributed by atoms with van der Waals surface area (Å²) in [6, 6.07) is 40.1. The predicted octanol–water partition coefficient (Wildman–Crippen LogP) is 7.80. The third-order valence-electron chi connectivity index (χ3n) is 6.45. The Labute approximate surface area is 238 Å². The van der Waals surface area contributed by atoms with Crippen LogP contribution in [-0.2, 0) is 20.1 Å². The number of nitrogens with zero attached hydrogens (tertiary/aromatic N) is 4. The molecule has 39 heavy (non-hydrogen) atoms. The standard InChI is InChI=1S/C22H12N3O.C11H8N.Ir/c1-3-12-23-17(8-1)16-7-5-6-14-15-10-11-18-20(22(15)26-21(14)16)24-19-9-2-4-13-25(18)19;1-2-6-10(7-3-1)11-8-4-5-9-12-11;/h1-6,8-13H;1-6,8-9H;/q2*-1;. The summed E-state index contributed by atoms with van der Waals surface area (Å²) in [4.78, 5) is 13.5. The monoisotopic (exact) mass is 681 g/mol. The Hall–Kier alpha value is -4.64. The smallest absolute Gasteiger partial charge is 0.148 e. The van der Waals surface area contributed by atoms with Crippen molar-refractivity contribution in [3.8, 4) is 22.5 Å². The van der Waals surface area contributed by atoms with Gasteiger partial charge in [0.25, 0.3) is 0 Å². The van der Waals surface area contributed by atoms with Gasteiger partial charge in [-0.3, -0.25) is 4.40 Å². The quantitative estimate of drug-likeness (QED) is 0.175. The number of rotatable bonds is 2. The minimum Gasteiger partial charge on any atom is -0.498 e. The molecule has 0 aliphatic rings. The molecule has 0 aliphatic heterocycles. The second-order valence-electron chi connectivity index (χ2n) is 8.75. The Balaban J connectivity index is 0.000000180. The summed E-state index contributed by atoms with van der Waals surface area (Å²) in [5.41, 5.74) is 8.15. The van der Waals surface area contributed by atoms with Crippen LogP contribution in [0.4, 0.5) is 0 Å². The van der Waals surface area contributed by atoms with Gasteiger partial charge in [0.2, 0.25) is 0 Å². The van der Waals surface area contributed by atoms with E-state index < -0.39 is 0 Å². The molecule has 0 fully saturated rings. The third kappa shape index (κ3) is 4.50. The van der Waals surface area contributed by atoms with Gasteiger partial charge in [-0.15, -0.1) is 54.1 Å². The Bertz CT molecular complexity index is 1980. The minimum atomic E-state index is 0. The number of imidazole rings is 1. The van der Waals surface area contributed by atoms with Crippen molar-refractivity contribution in [3.63, 3.8) is 0 Å². The van der Waals surface area contributed by atoms with Crippen LogP contribution in [0.5, 0.6) is 0 Å². The SMILES string of the molecule is [Ir].[c-]1ccc2c(oc3c2ccc2c3nc3ccccn32)c1-c1ccccn1.[c-]1ccccc1-c1ccccn1. The fraction of sp³-hybridized carbons (Fsp3) is 0. The molecule has 0 saturated heterocycles. The van der Waals surface area contributed by atoms with Gasteiger partial charge in [0.15, 0.2) is 0 Å². The van der Waals surface area contributed by atoms with Crippen LogP contribution < -0.4 is 0 Å². The van der Waals surface area contributed by atoms with E-state index in [-0.39, 0.29) is 20.1 Å². The van der Waals surface area contributed by atoms with Gasteiger partial charge in [0.1, 0.15) is 16.7 Å². The zero-order valence-corrected chi connectivity index (χ0v) is 23.0. The zero-order valence-electron chi connectivity index (χ0n) is 20.6. The number of fused-ring (bicyclic) bond motifs is 7. The van der Waals surface area contributed by atoms with E-state index >= 15 is 0 Å². The second kappa shape index (κ2) is 10.6. The first-order valence-corrected chi connectivity index (χ1v) is 12.3. The van der Waals surface area contributed by atoms with Crippen LogP contribution in [0.1, 0.15) is 0 Å². The van der Waals surface area contributed by atoms with Crippen LogP contribution in [0.25, 0.3) is 61.1 Å².